The van der Waals surface area contributed by atoms with Crippen LogP contribution < -0.4 is 14.8 Å². The van der Waals surface area contributed by atoms with E-state index in [1.165, 1.54) is 0 Å². The molecule has 0 unspecified atom stereocenters. The van der Waals surface area contributed by atoms with Crippen LogP contribution >= 0.6 is 0 Å². The molecule has 2 saturated heterocycles. The first-order valence-electron chi connectivity index (χ1n) is 16.7. The van der Waals surface area contributed by atoms with Gasteiger partial charge in [-0.2, -0.15) is 5.26 Å². The van der Waals surface area contributed by atoms with Crippen molar-refractivity contribution < 1.29 is 33.0 Å². The Morgan fingerprint density at radius 3 is 2.49 bits per heavy atom. The Morgan fingerprint density at radius 2 is 1.78 bits per heavy atom. The number of pyridine rings is 1. The van der Waals surface area contributed by atoms with Gasteiger partial charge in [0.2, 0.25) is 0 Å². The number of likely N-dealkylation sites (tertiary alicyclic amines) is 1. The molecule has 0 bridgehead atoms. The lowest BCUT2D eigenvalue weighted by Gasteiger charge is -2.33. The number of benzene rings is 2. The van der Waals surface area contributed by atoms with Crippen molar-refractivity contribution in [3.8, 4) is 40.0 Å². The highest BCUT2D eigenvalue weighted by atomic mass is 16.6. The number of methoxy groups -OCH3 is 1. The summed E-state index contributed by atoms with van der Waals surface area (Å²) in [6.07, 6.45) is 4.60. The Morgan fingerprint density at radius 1 is 1.00 bits per heavy atom. The van der Waals surface area contributed by atoms with Gasteiger partial charge in [0.25, 0.3) is 5.91 Å². The Hall–Kier alpha value is -5.08. The molecular formula is C38H42N4O7. The summed E-state index contributed by atoms with van der Waals surface area (Å²) in [5.74, 6) is 1.64. The van der Waals surface area contributed by atoms with Gasteiger partial charge in [0.05, 0.1) is 31.5 Å². The molecule has 256 valence electrons. The van der Waals surface area contributed by atoms with Crippen molar-refractivity contribution in [2.24, 2.45) is 5.92 Å². The summed E-state index contributed by atoms with van der Waals surface area (Å²) in [6, 6.07) is 16.8. The van der Waals surface area contributed by atoms with E-state index in [0.717, 1.165) is 36.8 Å². The largest absolute Gasteiger partial charge is 0.496 e. The summed E-state index contributed by atoms with van der Waals surface area (Å²) < 4.78 is 29.1. The third-order valence-electron chi connectivity index (χ3n) is 8.83. The quantitative estimate of drug-likeness (QED) is 0.211. The maximum atomic E-state index is 13.1. The van der Waals surface area contributed by atoms with Crippen molar-refractivity contribution in [1.82, 2.24) is 15.2 Å². The second-order valence-electron chi connectivity index (χ2n) is 13.5. The zero-order valence-electron chi connectivity index (χ0n) is 28.4. The number of piperidine rings is 1. The maximum Gasteiger partial charge on any atom is 0.410 e. The van der Waals surface area contributed by atoms with Gasteiger partial charge in [0.15, 0.2) is 5.58 Å². The zero-order valence-corrected chi connectivity index (χ0v) is 28.4. The molecule has 2 aromatic carbocycles. The van der Waals surface area contributed by atoms with E-state index in [1.54, 1.807) is 36.4 Å². The van der Waals surface area contributed by atoms with Gasteiger partial charge in [-0.3, -0.25) is 9.78 Å². The minimum atomic E-state index is -0.528. The molecule has 4 heterocycles. The molecule has 0 atom stereocenters. The molecule has 2 aliphatic rings. The zero-order chi connectivity index (χ0) is 34.5. The van der Waals surface area contributed by atoms with E-state index in [0.29, 0.717) is 77.9 Å². The summed E-state index contributed by atoms with van der Waals surface area (Å²) in [4.78, 5) is 31.8. The summed E-state index contributed by atoms with van der Waals surface area (Å²) in [7, 11) is 1.55. The maximum absolute atomic E-state index is 13.1. The topological polar surface area (TPSA) is 136 Å². The molecule has 0 saturated carbocycles. The molecule has 2 aliphatic heterocycles. The fourth-order valence-electron chi connectivity index (χ4n) is 6.18. The Balaban J connectivity index is 1.14. The number of furan rings is 1. The van der Waals surface area contributed by atoms with Crippen molar-refractivity contribution in [2.75, 3.05) is 40.0 Å². The second kappa shape index (κ2) is 14.6. The van der Waals surface area contributed by atoms with E-state index in [1.807, 2.05) is 51.1 Å². The van der Waals surface area contributed by atoms with Crippen LogP contribution in [0, 0.1) is 17.2 Å². The number of fused-ring (bicyclic) bond motifs is 1. The second-order valence-corrected chi connectivity index (χ2v) is 13.5. The van der Waals surface area contributed by atoms with E-state index in [9.17, 15) is 14.9 Å². The number of carbonyl (C=O) groups excluding carboxylic acids is 2. The van der Waals surface area contributed by atoms with Gasteiger partial charge in [-0.15, -0.1) is 0 Å². The standard InChI is InChI=1S/C38H42N4O7/c1-38(2,3)49-37(44)42-15-10-24(11-16-42)23-41-36(43)26-5-7-30(33(20-26)45-4)34-21-31-35(48-34)29(9-14-40-31)25-6-8-32(27(19-25)22-39)47-28-12-17-46-18-13-28/h5-9,14,19-21,24,28H,10-13,15-18,23H2,1-4H3,(H,41,43). The molecule has 11 heteroatoms. The van der Waals surface area contributed by atoms with Gasteiger partial charge >= 0.3 is 6.09 Å². The highest BCUT2D eigenvalue weighted by molar-refractivity contribution is 5.96. The molecule has 0 spiro atoms. The number of ether oxygens (including phenoxy) is 4. The van der Waals surface area contributed by atoms with Crippen LogP contribution in [-0.2, 0) is 9.47 Å². The molecule has 0 radical (unpaired) electrons. The lowest BCUT2D eigenvalue weighted by Crippen LogP contribution is -2.43. The van der Waals surface area contributed by atoms with Crippen molar-refractivity contribution in [1.29, 1.82) is 5.26 Å². The van der Waals surface area contributed by atoms with Crippen LogP contribution in [0.4, 0.5) is 4.79 Å². The molecule has 2 fully saturated rings. The first-order chi connectivity index (χ1) is 23.6. The van der Waals surface area contributed by atoms with E-state index >= 15 is 0 Å². The van der Waals surface area contributed by atoms with Crippen LogP contribution in [0.25, 0.3) is 33.6 Å². The summed E-state index contributed by atoms with van der Waals surface area (Å²) in [5, 5.41) is 13.0. The number of hydrogen-bond acceptors (Lipinski definition) is 9. The number of amides is 2. The van der Waals surface area contributed by atoms with Gasteiger partial charge in [-0.25, -0.2) is 4.79 Å². The number of nitriles is 1. The van der Waals surface area contributed by atoms with Gasteiger partial charge < -0.3 is 33.6 Å². The Bertz CT molecular complexity index is 1860. The highest BCUT2D eigenvalue weighted by Gasteiger charge is 2.27. The summed E-state index contributed by atoms with van der Waals surface area (Å²) in [6.45, 7) is 8.59. The van der Waals surface area contributed by atoms with Crippen LogP contribution in [0.3, 0.4) is 0 Å². The fraction of sp³-hybridized carbons (Fsp3) is 0.421. The smallest absolute Gasteiger partial charge is 0.410 e. The number of nitrogens with one attached hydrogen (secondary N) is 1. The fourth-order valence-corrected chi connectivity index (χ4v) is 6.18. The third-order valence-corrected chi connectivity index (χ3v) is 8.83. The van der Waals surface area contributed by atoms with E-state index in [4.69, 9.17) is 23.4 Å². The number of rotatable bonds is 8. The lowest BCUT2D eigenvalue weighted by atomic mass is 9.97. The number of carbonyl (C=O) groups is 2. The lowest BCUT2D eigenvalue weighted by molar-refractivity contribution is 0.0183. The van der Waals surface area contributed by atoms with E-state index in [2.05, 4.69) is 16.4 Å². The number of hydrogen-bond donors (Lipinski definition) is 1. The third kappa shape index (κ3) is 7.98. The van der Waals surface area contributed by atoms with Crippen LogP contribution in [-0.4, -0.2) is 73.5 Å². The monoisotopic (exact) mass is 666 g/mol. The van der Waals surface area contributed by atoms with Crippen LogP contribution in [0.2, 0.25) is 0 Å². The Labute approximate surface area is 286 Å². The van der Waals surface area contributed by atoms with Crippen molar-refractivity contribution in [3.63, 3.8) is 0 Å². The molecule has 0 aliphatic carbocycles. The molecule has 11 nitrogen and oxygen atoms in total. The van der Waals surface area contributed by atoms with Gasteiger partial charge in [-0.1, -0.05) is 6.07 Å². The van der Waals surface area contributed by atoms with E-state index < -0.39 is 5.60 Å². The van der Waals surface area contributed by atoms with Crippen molar-refractivity contribution in [2.45, 2.75) is 58.2 Å². The van der Waals surface area contributed by atoms with Crippen LogP contribution in [0.1, 0.15) is 62.4 Å². The molecule has 2 aromatic heterocycles. The van der Waals surface area contributed by atoms with Crippen LogP contribution in [0.15, 0.2) is 59.1 Å². The SMILES string of the molecule is COc1cc(C(=O)NCC2CCN(C(=O)OC(C)(C)C)CC2)ccc1-c1cc2nccc(-c3ccc(OC4CCOCC4)c(C#N)c3)c2o1. The molecule has 1 N–H and O–H groups in total. The molecular weight excluding hydrogens is 624 g/mol. The number of aromatic nitrogens is 1. The predicted molar refractivity (Wildman–Crippen MR) is 183 cm³/mol. The summed E-state index contributed by atoms with van der Waals surface area (Å²) >= 11 is 0. The van der Waals surface area contributed by atoms with E-state index in [-0.39, 0.29) is 24.0 Å². The summed E-state index contributed by atoms with van der Waals surface area (Å²) in [5.41, 5.74) is 3.87. The first kappa shape index (κ1) is 33.8. The van der Waals surface area contributed by atoms with Gasteiger partial charge in [0, 0.05) is 55.9 Å². The normalized spacial score (nSPS) is 15.9. The predicted octanol–water partition coefficient (Wildman–Crippen LogP) is 6.98. The Kier molecular flexibility index (Phi) is 10.1. The minimum absolute atomic E-state index is 0.0232. The highest BCUT2D eigenvalue weighted by Crippen LogP contribution is 2.38. The first-order valence-corrected chi connectivity index (χ1v) is 16.7. The number of nitrogens with zero attached hydrogens (tertiary/aromatic N) is 3. The molecule has 4 aromatic rings. The van der Waals surface area contributed by atoms with Gasteiger partial charge in [0.1, 0.15) is 40.6 Å². The van der Waals surface area contributed by atoms with Crippen LogP contribution in [0.5, 0.6) is 11.5 Å². The van der Waals surface area contributed by atoms with Gasteiger partial charge in [-0.05, 0) is 81.5 Å². The molecule has 6 rings (SSSR count). The van der Waals surface area contributed by atoms with Crippen molar-refractivity contribution >= 4 is 23.1 Å². The van der Waals surface area contributed by atoms with Crippen molar-refractivity contribution in [3.05, 3.63) is 65.9 Å². The minimum Gasteiger partial charge on any atom is -0.496 e. The average Bonchev–Trinajstić information content (AvgIpc) is 3.55. The molecule has 49 heavy (non-hydrogen) atoms. The average molecular weight is 667 g/mol. The molecule has 2 amide bonds.